The number of fused-ring (bicyclic) bond motifs is 1. The van der Waals surface area contributed by atoms with Crippen molar-refractivity contribution in [3.63, 3.8) is 0 Å². The lowest BCUT2D eigenvalue weighted by Gasteiger charge is -2.26. The molecule has 3 heterocycles. The molecule has 3 aromatic rings. The van der Waals surface area contributed by atoms with E-state index < -0.39 is 0 Å². The highest BCUT2D eigenvalue weighted by Crippen LogP contribution is 2.35. The Morgan fingerprint density at radius 1 is 1.20 bits per heavy atom. The molecule has 1 N–H and O–H groups in total. The first-order valence-corrected chi connectivity index (χ1v) is 9.36. The fraction of sp³-hybridized carbons (Fsp3) is 0.294. The second-order valence-corrected chi connectivity index (χ2v) is 8.63. The fourth-order valence-electron chi connectivity index (χ4n) is 2.55. The van der Waals surface area contributed by atoms with Gasteiger partial charge < -0.3 is 14.0 Å². The van der Waals surface area contributed by atoms with Crippen molar-refractivity contribution in [2.75, 3.05) is 6.79 Å². The van der Waals surface area contributed by atoms with Crippen molar-refractivity contribution in [2.24, 2.45) is 0 Å². The van der Waals surface area contributed by atoms with Gasteiger partial charge in [0.1, 0.15) is 0 Å². The van der Waals surface area contributed by atoms with Crippen LogP contribution >= 0.6 is 27.3 Å². The minimum atomic E-state index is -0.290. The maximum atomic E-state index is 5.46. The Hall–Kier alpha value is -1.90. The smallest absolute Gasteiger partial charge is 0.240 e. The van der Waals surface area contributed by atoms with Crippen LogP contribution in [-0.4, -0.2) is 16.9 Å². The highest BCUT2D eigenvalue weighted by atomic mass is 79.9. The zero-order valence-electron chi connectivity index (χ0n) is 13.7. The molecule has 2 aromatic heterocycles. The highest BCUT2D eigenvalue weighted by molar-refractivity contribution is 9.11. The van der Waals surface area contributed by atoms with Crippen molar-refractivity contribution in [3.05, 3.63) is 45.6 Å². The SMILES string of the molecule is CC(C)(NCc1nc(-c2ccc(Br)s2)no1)c1ccc2c(c1)OCO2. The van der Waals surface area contributed by atoms with Crippen molar-refractivity contribution in [1.29, 1.82) is 0 Å². The van der Waals surface area contributed by atoms with Gasteiger partial charge in [0, 0.05) is 5.54 Å². The van der Waals surface area contributed by atoms with Crippen LogP contribution in [0.3, 0.4) is 0 Å². The summed E-state index contributed by atoms with van der Waals surface area (Å²) in [7, 11) is 0. The van der Waals surface area contributed by atoms with Crippen molar-refractivity contribution in [3.8, 4) is 22.2 Å². The molecule has 130 valence electrons. The molecule has 0 bridgehead atoms. The lowest BCUT2D eigenvalue weighted by atomic mass is 9.94. The third-order valence-corrected chi connectivity index (χ3v) is 5.66. The zero-order chi connectivity index (χ0) is 17.4. The van der Waals surface area contributed by atoms with Crippen LogP contribution in [0.4, 0.5) is 0 Å². The standard InChI is InChI=1S/C17H16BrN3O3S/c1-17(2,10-3-4-11-12(7-10)23-9-22-11)19-8-15-20-16(21-24-15)13-5-6-14(18)25-13/h3-7,19H,8-9H2,1-2H3. The average Bonchev–Trinajstić information content (AvgIpc) is 3.32. The lowest BCUT2D eigenvalue weighted by molar-refractivity contribution is 0.174. The van der Waals surface area contributed by atoms with Crippen molar-refractivity contribution < 1.29 is 14.0 Å². The molecule has 0 fully saturated rings. The normalized spacial score (nSPS) is 13.4. The van der Waals surface area contributed by atoms with Crippen LogP contribution in [0.2, 0.25) is 0 Å². The Morgan fingerprint density at radius 2 is 2.04 bits per heavy atom. The van der Waals surface area contributed by atoms with Crippen molar-refractivity contribution >= 4 is 27.3 Å². The van der Waals surface area contributed by atoms with Crippen LogP contribution in [0.15, 0.2) is 38.6 Å². The molecule has 0 spiro atoms. The van der Waals surface area contributed by atoms with E-state index in [0.29, 0.717) is 18.3 Å². The van der Waals surface area contributed by atoms with E-state index in [4.69, 9.17) is 14.0 Å². The molecule has 0 saturated heterocycles. The number of nitrogens with one attached hydrogen (secondary N) is 1. The van der Waals surface area contributed by atoms with E-state index in [0.717, 1.165) is 25.7 Å². The largest absolute Gasteiger partial charge is 0.454 e. The molecule has 8 heteroatoms. The monoisotopic (exact) mass is 421 g/mol. The summed E-state index contributed by atoms with van der Waals surface area (Å²) >= 11 is 5.01. The first kappa shape index (κ1) is 16.6. The van der Waals surface area contributed by atoms with E-state index in [1.807, 2.05) is 30.3 Å². The molecule has 4 rings (SSSR count). The van der Waals surface area contributed by atoms with Gasteiger partial charge in [-0.25, -0.2) is 0 Å². The van der Waals surface area contributed by atoms with Crippen LogP contribution in [0, 0.1) is 0 Å². The molecule has 1 aliphatic rings. The van der Waals surface area contributed by atoms with Gasteiger partial charge in [-0.05, 0) is 59.6 Å². The minimum absolute atomic E-state index is 0.274. The molecule has 25 heavy (non-hydrogen) atoms. The second-order valence-electron chi connectivity index (χ2n) is 6.16. The lowest BCUT2D eigenvalue weighted by Crippen LogP contribution is -2.36. The van der Waals surface area contributed by atoms with Crippen LogP contribution in [-0.2, 0) is 12.1 Å². The van der Waals surface area contributed by atoms with E-state index >= 15 is 0 Å². The fourth-order valence-corrected chi connectivity index (χ4v) is 3.86. The Labute approximate surface area is 157 Å². The Kier molecular flexibility index (Phi) is 4.26. The number of aromatic nitrogens is 2. The molecule has 0 amide bonds. The summed E-state index contributed by atoms with van der Waals surface area (Å²) in [6, 6.07) is 9.89. The number of nitrogens with zero attached hydrogens (tertiary/aromatic N) is 2. The number of thiophene rings is 1. The molecule has 0 saturated carbocycles. The third kappa shape index (κ3) is 3.42. The van der Waals surface area contributed by atoms with Crippen molar-refractivity contribution in [2.45, 2.75) is 25.9 Å². The molecule has 1 aliphatic heterocycles. The summed E-state index contributed by atoms with van der Waals surface area (Å²) in [6.45, 7) is 4.94. The predicted octanol–water partition coefficient (Wildman–Crippen LogP) is 4.31. The van der Waals surface area contributed by atoms with Gasteiger partial charge in [-0.15, -0.1) is 11.3 Å². The Balaban J connectivity index is 1.46. The molecule has 0 unspecified atom stereocenters. The van der Waals surface area contributed by atoms with Crippen molar-refractivity contribution in [1.82, 2.24) is 15.5 Å². The first-order valence-electron chi connectivity index (χ1n) is 7.75. The van der Waals surface area contributed by atoms with Gasteiger partial charge in [0.15, 0.2) is 11.5 Å². The summed E-state index contributed by atoms with van der Waals surface area (Å²) < 4.78 is 17.2. The van der Waals surface area contributed by atoms with Gasteiger partial charge in [-0.1, -0.05) is 11.2 Å². The van der Waals surface area contributed by atoms with Gasteiger partial charge in [0.05, 0.1) is 15.2 Å². The van der Waals surface area contributed by atoms with Crippen LogP contribution in [0.25, 0.3) is 10.7 Å². The molecular formula is C17H16BrN3O3S. The Morgan fingerprint density at radius 3 is 2.84 bits per heavy atom. The van der Waals surface area contributed by atoms with Gasteiger partial charge in [0.25, 0.3) is 0 Å². The van der Waals surface area contributed by atoms with Crippen LogP contribution < -0.4 is 14.8 Å². The summed E-state index contributed by atoms with van der Waals surface area (Å²) in [4.78, 5) is 5.42. The zero-order valence-corrected chi connectivity index (χ0v) is 16.1. The maximum absolute atomic E-state index is 5.46. The summed E-state index contributed by atoms with van der Waals surface area (Å²) in [5, 5.41) is 7.50. The molecule has 0 radical (unpaired) electrons. The van der Waals surface area contributed by atoms with Crippen LogP contribution in [0.5, 0.6) is 11.5 Å². The summed E-state index contributed by atoms with van der Waals surface area (Å²) in [5.74, 6) is 2.71. The number of rotatable bonds is 5. The number of halogens is 1. The highest BCUT2D eigenvalue weighted by Gasteiger charge is 2.24. The van der Waals surface area contributed by atoms with E-state index in [-0.39, 0.29) is 12.3 Å². The van der Waals surface area contributed by atoms with Crippen LogP contribution in [0.1, 0.15) is 25.3 Å². The first-order chi connectivity index (χ1) is 12.0. The number of ether oxygens (including phenoxy) is 2. The predicted molar refractivity (Wildman–Crippen MR) is 97.7 cm³/mol. The maximum Gasteiger partial charge on any atom is 0.240 e. The molecule has 6 nitrogen and oxygen atoms in total. The van der Waals surface area contributed by atoms with E-state index in [1.54, 1.807) is 11.3 Å². The minimum Gasteiger partial charge on any atom is -0.454 e. The van der Waals surface area contributed by atoms with Gasteiger partial charge in [0.2, 0.25) is 18.5 Å². The van der Waals surface area contributed by atoms with E-state index in [1.165, 1.54) is 0 Å². The average molecular weight is 422 g/mol. The number of hydrogen-bond donors (Lipinski definition) is 1. The topological polar surface area (TPSA) is 69.4 Å². The quantitative estimate of drug-likeness (QED) is 0.661. The molecule has 0 atom stereocenters. The van der Waals surface area contributed by atoms with Gasteiger partial charge >= 0.3 is 0 Å². The molecule has 1 aromatic carbocycles. The molecular weight excluding hydrogens is 406 g/mol. The van der Waals surface area contributed by atoms with Gasteiger partial charge in [-0.2, -0.15) is 4.98 Å². The Bertz CT molecular complexity index is 906. The number of hydrogen-bond acceptors (Lipinski definition) is 7. The molecule has 0 aliphatic carbocycles. The van der Waals surface area contributed by atoms with E-state index in [2.05, 4.69) is 45.2 Å². The third-order valence-electron chi connectivity index (χ3n) is 4.04. The van der Waals surface area contributed by atoms with Gasteiger partial charge in [-0.3, -0.25) is 5.32 Å². The summed E-state index contributed by atoms with van der Waals surface area (Å²) in [5.41, 5.74) is 0.806. The second kappa shape index (κ2) is 6.44. The summed E-state index contributed by atoms with van der Waals surface area (Å²) in [6.07, 6.45) is 0. The number of benzene rings is 1. The van der Waals surface area contributed by atoms with E-state index in [9.17, 15) is 0 Å².